The summed E-state index contributed by atoms with van der Waals surface area (Å²) in [5, 5.41) is 3.49. The van der Waals surface area contributed by atoms with Crippen LogP contribution >= 0.6 is 0 Å². The molecule has 2 heteroatoms. The van der Waals surface area contributed by atoms with Gasteiger partial charge in [-0.15, -0.1) is 0 Å². The van der Waals surface area contributed by atoms with Crippen molar-refractivity contribution in [2.45, 2.75) is 32.6 Å². The molecule has 1 saturated carbocycles. The Morgan fingerprint density at radius 1 is 1.25 bits per heavy atom. The van der Waals surface area contributed by atoms with E-state index in [1.807, 2.05) is 18.2 Å². The second-order valence-electron chi connectivity index (χ2n) is 4.99. The number of anilines is 2. The molecule has 0 aromatic heterocycles. The summed E-state index contributed by atoms with van der Waals surface area (Å²) in [6, 6.07) is 8.02. The fourth-order valence-corrected chi connectivity index (χ4v) is 2.60. The molecule has 2 atom stereocenters. The number of para-hydroxylation sites is 2. The molecule has 1 fully saturated rings. The lowest BCUT2D eigenvalue weighted by Gasteiger charge is -2.29. The van der Waals surface area contributed by atoms with Crippen LogP contribution in [0.4, 0.5) is 11.4 Å². The minimum atomic E-state index is 0.813. The van der Waals surface area contributed by atoms with Crippen LogP contribution in [0.3, 0.4) is 0 Å². The van der Waals surface area contributed by atoms with E-state index < -0.39 is 0 Å². The number of benzene rings is 1. The first-order valence-corrected chi connectivity index (χ1v) is 6.36. The quantitative estimate of drug-likeness (QED) is 0.762. The van der Waals surface area contributed by atoms with E-state index in [9.17, 15) is 0 Å². The Kier molecular flexibility index (Phi) is 3.70. The first-order valence-electron chi connectivity index (χ1n) is 6.36. The fourth-order valence-electron chi connectivity index (χ4n) is 2.60. The molecule has 0 bridgehead atoms. The normalized spacial score (nSPS) is 25.3. The third-order valence-electron chi connectivity index (χ3n) is 3.80. The molecule has 1 aromatic rings. The Hall–Kier alpha value is -1.18. The first kappa shape index (κ1) is 11.3. The molecular formula is C14H22N2. The molecule has 1 aromatic carbocycles. The molecule has 3 N–H and O–H groups in total. The molecule has 2 unspecified atom stereocenters. The zero-order valence-electron chi connectivity index (χ0n) is 10.1. The van der Waals surface area contributed by atoms with E-state index in [1.165, 1.54) is 25.7 Å². The minimum Gasteiger partial charge on any atom is -0.397 e. The zero-order chi connectivity index (χ0) is 11.4. The van der Waals surface area contributed by atoms with Gasteiger partial charge in [0.15, 0.2) is 0 Å². The van der Waals surface area contributed by atoms with Gasteiger partial charge in [-0.25, -0.2) is 0 Å². The molecule has 0 saturated heterocycles. The van der Waals surface area contributed by atoms with Crippen molar-refractivity contribution in [2.24, 2.45) is 11.8 Å². The Bertz CT molecular complexity index is 335. The molecular weight excluding hydrogens is 196 g/mol. The van der Waals surface area contributed by atoms with E-state index in [4.69, 9.17) is 5.73 Å². The molecule has 0 amide bonds. The van der Waals surface area contributed by atoms with Crippen molar-refractivity contribution in [3.8, 4) is 0 Å². The number of rotatable bonds is 3. The van der Waals surface area contributed by atoms with Crippen LogP contribution < -0.4 is 11.1 Å². The Labute approximate surface area is 98.2 Å². The van der Waals surface area contributed by atoms with Crippen LogP contribution in [0.25, 0.3) is 0 Å². The molecule has 1 aliphatic rings. The SMILES string of the molecule is CC1CCCCC1CNc1ccccc1N. The van der Waals surface area contributed by atoms with Crippen LogP contribution in [-0.2, 0) is 0 Å². The Morgan fingerprint density at radius 2 is 2.00 bits per heavy atom. The summed E-state index contributed by atoms with van der Waals surface area (Å²) >= 11 is 0. The predicted octanol–water partition coefficient (Wildman–Crippen LogP) is 3.51. The van der Waals surface area contributed by atoms with Crippen LogP contribution in [0.2, 0.25) is 0 Å². The van der Waals surface area contributed by atoms with Crippen molar-refractivity contribution in [3.05, 3.63) is 24.3 Å². The molecule has 2 rings (SSSR count). The molecule has 0 spiro atoms. The van der Waals surface area contributed by atoms with E-state index in [-0.39, 0.29) is 0 Å². The number of nitrogen functional groups attached to an aromatic ring is 1. The first-order chi connectivity index (χ1) is 7.77. The van der Waals surface area contributed by atoms with Crippen LogP contribution in [0.5, 0.6) is 0 Å². The van der Waals surface area contributed by atoms with Gasteiger partial charge in [-0.1, -0.05) is 38.3 Å². The van der Waals surface area contributed by atoms with Gasteiger partial charge in [-0.3, -0.25) is 0 Å². The predicted molar refractivity (Wildman–Crippen MR) is 70.5 cm³/mol. The lowest BCUT2D eigenvalue weighted by molar-refractivity contribution is 0.268. The van der Waals surface area contributed by atoms with Crippen LogP contribution in [-0.4, -0.2) is 6.54 Å². The van der Waals surface area contributed by atoms with Crippen molar-refractivity contribution in [1.82, 2.24) is 0 Å². The maximum Gasteiger partial charge on any atom is 0.0574 e. The average molecular weight is 218 g/mol. The topological polar surface area (TPSA) is 38.0 Å². The van der Waals surface area contributed by atoms with Crippen molar-refractivity contribution in [1.29, 1.82) is 0 Å². The van der Waals surface area contributed by atoms with Crippen molar-refractivity contribution in [2.75, 3.05) is 17.6 Å². The van der Waals surface area contributed by atoms with Gasteiger partial charge in [0.2, 0.25) is 0 Å². The largest absolute Gasteiger partial charge is 0.397 e. The summed E-state index contributed by atoms with van der Waals surface area (Å²) < 4.78 is 0. The zero-order valence-corrected chi connectivity index (χ0v) is 10.1. The van der Waals surface area contributed by atoms with Crippen LogP contribution in [0, 0.1) is 11.8 Å². The third-order valence-corrected chi connectivity index (χ3v) is 3.80. The average Bonchev–Trinajstić information content (AvgIpc) is 2.30. The fraction of sp³-hybridized carbons (Fsp3) is 0.571. The maximum atomic E-state index is 5.91. The van der Waals surface area contributed by atoms with Crippen LogP contribution in [0.1, 0.15) is 32.6 Å². The molecule has 88 valence electrons. The summed E-state index contributed by atoms with van der Waals surface area (Å²) in [6.45, 7) is 3.44. The van der Waals surface area contributed by atoms with E-state index in [0.29, 0.717) is 0 Å². The summed E-state index contributed by atoms with van der Waals surface area (Å²) in [5.74, 6) is 1.67. The van der Waals surface area contributed by atoms with Gasteiger partial charge in [-0.05, 0) is 30.4 Å². The minimum absolute atomic E-state index is 0.813. The standard InChI is InChI=1S/C14H22N2/c1-11-6-2-3-7-12(11)10-16-14-9-5-4-8-13(14)15/h4-5,8-9,11-12,16H,2-3,6-7,10,15H2,1H3. The van der Waals surface area contributed by atoms with Gasteiger partial charge >= 0.3 is 0 Å². The molecule has 16 heavy (non-hydrogen) atoms. The summed E-state index contributed by atoms with van der Waals surface area (Å²) in [5.41, 5.74) is 7.84. The van der Waals surface area contributed by atoms with Crippen molar-refractivity contribution < 1.29 is 0 Å². The van der Waals surface area contributed by atoms with Crippen LogP contribution in [0.15, 0.2) is 24.3 Å². The number of hydrogen-bond donors (Lipinski definition) is 2. The monoisotopic (exact) mass is 218 g/mol. The van der Waals surface area contributed by atoms with Crippen molar-refractivity contribution >= 4 is 11.4 Å². The van der Waals surface area contributed by atoms with Gasteiger partial charge in [0.1, 0.15) is 0 Å². The lowest BCUT2D eigenvalue weighted by atomic mass is 9.80. The Morgan fingerprint density at radius 3 is 2.75 bits per heavy atom. The van der Waals surface area contributed by atoms with Gasteiger partial charge < -0.3 is 11.1 Å². The highest BCUT2D eigenvalue weighted by atomic mass is 14.9. The second-order valence-corrected chi connectivity index (χ2v) is 4.99. The highest BCUT2D eigenvalue weighted by molar-refractivity contribution is 5.65. The molecule has 0 radical (unpaired) electrons. The van der Waals surface area contributed by atoms with E-state index in [2.05, 4.69) is 18.3 Å². The van der Waals surface area contributed by atoms with Gasteiger partial charge in [-0.2, -0.15) is 0 Å². The van der Waals surface area contributed by atoms with E-state index in [1.54, 1.807) is 0 Å². The van der Waals surface area contributed by atoms with Gasteiger partial charge in [0.05, 0.1) is 11.4 Å². The molecule has 0 heterocycles. The summed E-state index contributed by atoms with van der Waals surface area (Å²) in [6.07, 6.45) is 5.55. The Balaban J connectivity index is 1.89. The van der Waals surface area contributed by atoms with E-state index >= 15 is 0 Å². The second kappa shape index (κ2) is 5.24. The number of nitrogens with two attached hydrogens (primary N) is 1. The van der Waals surface area contributed by atoms with E-state index in [0.717, 1.165) is 29.8 Å². The number of nitrogens with one attached hydrogen (secondary N) is 1. The van der Waals surface area contributed by atoms with Gasteiger partial charge in [0.25, 0.3) is 0 Å². The molecule has 1 aliphatic carbocycles. The third kappa shape index (κ3) is 2.69. The number of hydrogen-bond acceptors (Lipinski definition) is 2. The maximum absolute atomic E-state index is 5.91. The summed E-state index contributed by atoms with van der Waals surface area (Å²) in [7, 11) is 0. The molecule has 0 aliphatic heterocycles. The highest BCUT2D eigenvalue weighted by Crippen LogP contribution is 2.30. The summed E-state index contributed by atoms with van der Waals surface area (Å²) in [4.78, 5) is 0. The van der Waals surface area contributed by atoms with Crippen molar-refractivity contribution in [3.63, 3.8) is 0 Å². The lowest BCUT2D eigenvalue weighted by Crippen LogP contribution is -2.24. The molecule has 2 nitrogen and oxygen atoms in total. The smallest absolute Gasteiger partial charge is 0.0574 e. The van der Waals surface area contributed by atoms with Gasteiger partial charge in [0, 0.05) is 6.54 Å². The highest BCUT2D eigenvalue weighted by Gasteiger charge is 2.20.